The molecule has 1 aliphatic carbocycles. The lowest BCUT2D eigenvalue weighted by molar-refractivity contribution is -0.116. The van der Waals surface area contributed by atoms with Crippen LogP contribution >= 0.6 is 0 Å². The van der Waals surface area contributed by atoms with E-state index in [9.17, 15) is 4.79 Å². The third-order valence-corrected chi connectivity index (χ3v) is 2.32. The number of carbonyl (C=O) groups excluding carboxylic acids is 1. The lowest BCUT2D eigenvalue weighted by Crippen LogP contribution is -2.27. The van der Waals surface area contributed by atoms with Gasteiger partial charge in [0.15, 0.2) is 0 Å². The highest BCUT2D eigenvalue weighted by Gasteiger charge is 2.24. The first-order valence-electron chi connectivity index (χ1n) is 5.01. The highest BCUT2D eigenvalue weighted by molar-refractivity contribution is 5.77. The van der Waals surface area contributed by atoms with Crippen LogP contribution in [0.1, 0.15) is 33.6 Å². The Morgan fingerprint density at radius 3 is 2.71 bits per heavy atom. The summed E-state index contributed by atoms with van der Waals surface area (Å²) in [4.78, 5) is 10.8. The molecule has 0 radical (unpaired) electrons. The van der Waals surface area contributed by atoms with E-state index in [4.69, 9.17) is 0 Å². The number of hydrogen-bond acceptors (Lipinski definition) is 2. The summed E-state index contributed by atoms with van der Waals surface area (Å²) in [7, 11) is 0. The normalized spacial score (nSPS) is 20.2. The predicted octanol–water partition coefficient (Wildman–Crippen LogP) is 2.43. The third-order valence-electron chi connectivity index (χ3n) is 2.32. The molecule has 0 fully saturated rings. The summed E-state index contributed by atoms with van der Waals surface area (Å²) < 4.78 is 0. The Balaban J connectivity index is 2.60. The smallest absolute Gasteiger partial charge is 0.148 e. The number of nitrogens with one attached hydrogen (secondary N) is 1. The van der Waals surface area contributed by atoms with Gasteiger partial charge in [-0.15, -0.1) is 0 Å². The van der Waals surface area contributed by atoms with Crippen molar-refractivity contribution >= 4 is 5.78 Å². The van der Waals surface area contributed by atoms with Crippen molar-refractivity contribution in [3.8, 4) is 0 Å². The number of hydrogen-bond donors (Lipinski definition) is 1. The molecule has 0 bridgehead atoms. The van der Waals surface area contributed by atoms with E-state index in [0.717, 1.165) is 24.1 Å². The van der Waals surface area contributed by atoms with E-state index in [-0.39, 0.29) is 11.2 Å². The standard InChI is InChI=1S/C12H19NO/c1-9-5-11(13-8-10(2)14)7-12(3,4)6-9/h5,13H,1,6-8H2,2-4H3. The first-order valence-corrected chi connectivity index (χ1v) is 5.01. The highest BCUT2D eigenvalue weighted by Crippen LogP contribution is 2.36. The van der Waals surface area contributed by atoms with Gasteiger partial charge in [-0.2, -0.15) is 0 Å². The average Bonchev–Trinajstić information content (AvgIpc) is 1.96. The molecule has 0 saturated heterocycles. The Morgan fingerprint density at radius 1 is 1.57 bits per heavy atom. The molecule has 0 atom stereocenters. The molecule has 1 rings (SSSR count). The van der Waals surface area contributed by atoms with Gasteiger partial charge >= 0.3 is 0 Å². The van der Waals surface area contributed by atoms with E-state index in [1.807, 2.05) is 0 Å². The molecule has 2 nitrogen and oxygen atoms in total. The topological polar surface area (TPSA) is 29.1 Å². The van der Waals surface area contributed by atoms with Gasteiger partial charge in [0.2, 0.25) is 0 Å². The van der Waals surface area contributed by atoms with Gasteiger partial charge in [-0.05, 0) is 31.3 Å². The van der Waals surface area contributed by atoms with Gasteiger partial charge in [0, 0.05) is 5.70 Å². The number of carbonyl (C=O) groups is 1. The van der Waals surface area contributed by atoms with Crippen LogP contribution in [-0.4, -0.2) is 12.3 Å². The SMILES string of the molecule is C=C1C=C(NCC(C)=O)CC(C)(C)C1. The number of rotatable bonds is 3. The van der Waals surface area contributed by atoms with E-state index in [1.54, 1.807) is 6.92 Å². The van der Waals surface area contributed by atoms with Gasteiger partial charge in [0.25, 0.3) is 0 Å². The Kier molecular flexibility index (Phi) is 3.14. The van der Waals surface area contributed by atoms with Crippen molar-refractivity contribution < 1.29 is 4.79 Å². The second-order valence-corrected chi connectivity index (χ2v) is 4.90. The zero-order chi connectivity index (χ0) is 10.8. The fraction of sp³-hybridized carbons (Fsp3) is 0.583. The second-order valence-electron chi connectivity index (χ2n) is 4.90. The number of Topliss-reactive ketones (excluding diaryl/α,β-unsaturated/α-hetero) is 1. The van der Waals surface area contributed by atoms with Crippen molar-refractivity contribution in [1.82, 2.24) is 5.32 Å². The Labute approximate surface area is 86.1 Å². The zero-order valence-electron chi connectivity index (χ0n) is 9.31. The Hall–Kier alpha value is -1.05. The first-order chi connectivity index (χ1) is 6.39. The molecular weight excluding hydrogens is 174 g/mol. The summed E-state index contributed by atoms with van der Waals surface area (Å²) >= 11 is 0. The largest absolute Gasteiger partial charge is 0.381 e. The van der Waals surface area contributed by atoms with Crippen LogP contribution in [0.3, 0.4) is 0 Å². The van der Waals surface area contributed by atoms with Gasteiger partial charge in [-0.1, -0.05) is 26.0 Å². The molecule has 0 aliphatic heterocycles. The maximum Gasteiger partial charge on any atom is 0.148 e. The summed E-state index contributed by atoms with van der Waals surface area (Å²) in [5, 5.41) is 3.16. The van der Waals surface area contributed by atoms with Crippen LogP contribution in [0.5, 0.6) is 0 Å². The van der Waals surface area contributed by atoms with Gasteiger partial charge in [0.1, 0.15) is 5.78 Å². The lowest BCUT2D eigenvalue weighted by atomic mass is 9.77. The van der Waals surface area contributed by atoms with Crippen molar-refractivity contribution in [1.29, 1.82) is 0 Å². The summed E-state index contributed by atoms with van der Waals surface area (Å²) in [5.41, 5.74) is 2.55. The molecule has 0 amide bonds. The lowest BCUT2D eigenvalue weighted by Gasteiger charge is -2.31. The zero-order valence-corrected chi connectivity index (χ0v) is 9.31. The van der Waals surface area contributed by atoms with Crippen LogP contribution in [-0.2, 0) is 4.79 Å². The van der Waals surface area contributed by atoms with E-state index in [0.29, 0.717) is 6.54 Å². The van der Waals surface area contributed by atoms with Crippen molar-refractivity contribution in [3.05, 3.63) is 23.9 Å². The molecule has 1 N–H and O–H groups in total. The maximum absolute atomic E-state index is 10.8. The minimum atomic E-state index is 0.167. The Morgan fingerprint density at radius 2 is 2.21 bits per heavy atom. The summed E-state index contributed by atoms with van der Waals surface area (Å²) in [6.45, 7) is 10.5. The molecule has 0 saturated carbocycles. The van der Waals surface area contributed by atoms with E-state index < -0.39 is 0 Å². The summed E-state index contributed by atoms with van der Waals surface area (Å²) in [6.07, 6.45) is 4.10. The van der Waals surface area contributed by atoms with Crippen molar-refractivity contribution in [2.75, 3.05) is 6.54 Å². The summed E-state index contributed by atoms with van der Waals surface area (Å²) in [5.74, 6) is 0.167. The van der Waals surface area contributed by atoms with Crippen LogP contribution in [0, 0.1) is 5.41 Å². The van der Waals surface area contributed by atoms with Crippen LogP contribution < -0.4 is 5.32 Å². The molecule has 0 aromatic carbocycles. The second kappa shape index (κ2) is 3.99. The van der Waals surface area contributed by atoms with Gasteiger partial charge in [-0.25, -0.2) is 0 Å². The first kappa shape index (κ1) is 11.0. The average molecular weight is 193 g/mol. The fourth-order valence-corrected chi connectivity index (χ4v) is 1.89. The molecule has 14 heavy (non-hydrogen) atoms. The quantitative estimate of drug-likeness (QED) is 0.745. The molecule has 0 heterocycles. The Bertz CT molecular complexity index is 287. The molecule has 78 valence electrons. The molecule has 2 heteroatoms. The van der Waals surface area contributed by atoms with Crippen LogP contribution in [0.4, 0.5) is 0 Å². The molecular formula is C12H19NO. The molecule has 0 aromatic rings. The minimum absolute atomic E-state index is 0.167. The molecule has 0 unspecified atom stereocenters. The third kappa shape index (κ3) is 3.36. The van der Waals surface area contributed by atoms with Gasteiger partial charge in [-0.3, -0.25) is 4.79 Å². The predicted molar refractivity (Wildman–Crippen MR) is 58.9 cm³/mol. The van der Waals surface area contributed by atoms with Crippen LogP contribution in [0.15, 0.2) is 23.9 Å². The number of allylic oxidation sites excluding steroid dienone is 3. The highest BCUT2D eigenvalue weighted by atomic mass is 16.1. The fourth-order valence-electron chi connectivity index (χ4n) is 1.89. The van der Waals surface area contributed by atoms with Gasteiger partial charge in [0.05, 0.1) is 6.54 Å². The molecule has 1 aliphatic rings. The van der Waals surface area contributed by atoms with Gasteiger partial charge < -0.3 is 5.32 Å². The van der Waals surface area contributed by atoms with E-state index in [1.165, 1.54) is 0 Å². The van der Waals surface area contributed by atoms with Crippen LogP contribution in [0.25, 0.3) is 0 Å². The van der Waals surface area contributed by atoms with Crippen LogP contribution in [0.2, 0.25) is 0 Å². The molecule has 0 spiro atoms. The monoisotopic (exact) mass is 193 g/mol. The summed E-state index contributed by atoms with van der Waals surface area (Å²) in [6, 6.07) is 0. The number of ketones is 1. The van der Waals surface area contributed by atoms with Crippen molar-refractivity contribution in [3.63, 3.8) is 0 Å². The van der Waals surface area contributed by atoms with Crippen molar-refractivity contribution in [2.24, 2.45) is 5.41 Å². The minimum Gasteiger partial charge on any atom is -0.381 e. The molecule has 0 aromatic heterocycles. The van der Waals surface area contributed by atoms with E-state index in [2.05, 4.69) is 31.8 Å². The maximum atomic E-state index is 10.8. The van der Waals surface area contributed by atoms with E-state index >= 15 is 0 Å². The van der Waals surface area contributed by atoms with Crippen molar-refractivity contribution in [2.45, 2.75) is 33.6 Å².